The molecule has 2 aromatic rings. The lowest BCUT2D eigenvalue weighted by Gasteiger charge is -2.40. The molecule has 2 aliphatic heterocycles. The second-order valence-electron chi connectivity index (χ2n) is 8.37. The van der Waals surface area contributed by atoms with E-state index in [9.17, 15) is 19.5 Å². The molecular weight excluding hydrogens is 460 g/mol. The lowest BCUT2D eigenvalue weighted by atomic mass is 9.73. The zero-order valence-electron chi connectivity index (χ0n) is 18.6. The number of benzene rings is 2. The molecule has 2 heterocycles. The molecule has 0 spiro atoms. The van der Waals surface area contributed by atoms with Crippen molar-refractivity contribution in [2.45, 2.75) is 18.9 Å². The minimum atomic E-state index is -1.35. The third-order valence-corrected chi connectivity index (χ3v) is 6.42. The summed E-state index contributed by atoms with van der Waals surface area (Å²) in [5.41, 5.74) is 0.708. The van der Waals surface area contributed by atoms with Crippen molar-refractivity contribution in [2.75, 3.05) is 26.7 Å². The topological polar surface area (TPSA) is 112 Å². The Balaban J connectivity index is 1.56. The first-order valence-electron chi connectivity index (χ1n) is 10.9. The van der Waals surface area contributed by atoms with Gasteiger partial charge in [0, 0.05) is 26.6 Å². The van der Waals surface area contributed by atoms with E-state index in [1.54, 1.807) is 31.3 Å². The fraction of sp³-hybridized carbons (Fsp3) is 0.333. The van der Waals surface area contributed by atoms with Crippen LogP contribution in [0.1, 0.15) is 12.0 Å². The number of hydrogen-bond donors (Lipinski definition) is 2. The van der Waals surface area contributed by atoms with Crippen molar-refractivity contribution < 1.29 is 24.2 Å². The number of ether oxygens (including phenoxy) is 1. The molecule has 34 heavy (non-hydrogen) atoms. The van der Waals surface area contributed by atoms with Crippen LogP contribution in [0.2, 0.25) is 5.02 Å². The third-order valence-electron chi connectivity index (χ3n) is 6.10. The monoisotopic (exact) mass is 484 g/mol. The Morgan fingerprint density at radius 1 is 1.21 bits per heavy atom. The van der Waals surface area contributed by atoms with Crippen LogP contribution in [-0.2, 0) is 16.0 Å². The van der Waals surface area contributed by atoms with Gasteiger partial charge in [0.15, 0.2) is 0 Å². The number of para-hydroxylation sites is 1. The van der Waals surface area contributed by atoms with Gasteiger partial charge < -0.3 is 20.1 Å². The van der Waals surface area contributed by atoms with Crippen molar-refractivity contribution in [1.29, 1.82) is 0 Å². The summed E-state index contributed by atoms with van der Waals surface area (Å²) in [5.74, 6) is -0.308. The maximum absolute atomic E-state index is 13.4. The maximum Gasteiger partial charge on any atom is 0.405 e. The Hall–Kier alpha value is -3.59. The van der Waals surface area contributed by atoms with Crippen LogP contribution in [0.5, 0.6) is 5.75 Å². The van der Waals surface area contributed by atoms with E-state index < -0.39 is 23.5 Å². The molecule has 0 aliphatic carbocycles. The molecule has 2 aliphatic rings. The Kier molecular flexibility index (Phi) is 6.74. The molecule has 3 amide bonds. The van der Waals surface area contributed by atoms with Crippen LogP contribution in [0.4, 0.5) is 4.79 Å². The van der Waals surface area contributed by atoms with E-state index in [-0.39, 0.29) is 19.1 Å². The number of rotatable bonds is 7. The average Bonchev–Trinajstić information content (AvgIpc) is 3.06. The molecular formula is C24H25ClN4O5. The van der Waals surface area contributed by atoms with E-state index in [1.807, 2.05) is 30.3 Å². The summed E-state index contributed by atoms with van der Waals surface area (Å²) in [6, 6.07) is 15.1. The van der Waals surface area contributed by atoms with Crippen LogP contribution in [0.15, 0.2) is 59.7 Å². The molecule has 0 radical (unpaired) electrons. The van der Waals surface area contributed by atoms with Gasteiger partial charge in [-0.05, 0) is 24.1 Å². The number of carbonyl (C=O) groups is 3. The minimum absolute atomic E-state index is 0.104. The highest BCUT2D eigenvalue weighted by Crippen LogP contribution is 2.38. The van der Waals surface area contributed by atoms with Gasteiger partial charge in [-0.2, -0.15) is 5.10 Å². The van der Waals surface area contributed by atoms with Crippen LogP contribution >= 0.6 is 11.6 Å². The van der Waals surface area contributed by atoms with Crippen molar-refractivity contribution in [2.24, 2.45) is 10.5 Å². The van der Waals surface area contributed by atoms with Gasteiger partial charge >= 0.3 is 6.09 Å². The number of carbonyl (C=O) groups excluding carboxylic acids is 2. The summed E-state index contributed by atoms with van der Waals surface area (Å²) in [6.07, 6.45) is -0.539. The molecule has 1 fully saturated rings. The zero-order chi connectivity index (χ0) is 24.3. The smallest absolute Gasteiger partial charge is 0.405 e. The number of fused-ring (bicyclic) bond motifs is 1. The van der Waals surface area contributed by atoms with Gasteiger partial charge in [0.1, 0.15) is 23.8 Å². The minimum Gasteiger partial charge on any atom is -0.489 e. The molecule has 0 bridgehead atoms. The SMILES string of the molecule is CN1N=C2CCN(C(=O)C(COc3ccccc3Cl)NC(=O)O)CC2(Cc2ccccc2)C1=O. The summed E-state index contributed by atoms with van der Waals surface area (Å²) >= 11 is 6.12. The summed E-state index contributed by atoms with van der Waals surface area (Å²) in [4.78, 5) is 39.6. The summed E-state index contributed by atoms with van der Waals surface area (Å²) in [7, 11) is 1.61. The van der Waals surface area contributed by atoms with Gasteiger partial charge in [-0.1, -0.05) is 54.1 Å². The second kappa shape index (κ2) is 9.72. The molecule has 0 saturated carbocycles. The van der Waals surface area contributed by atoms with Crippen LogP contribution in [0.25, 0.3) is 0 Å². The molecule has 10 heteroatoms. The Bertz CT molecular complexity index is 1130. The van der Waals surface area contributed by atoms with Crippen molar-refractivity contribution in [3.8, 4) is 5.75 Å². The lowest BCUT2D eigenvalue weighted by molar-refractivity contribution is -0.141. The Morgan fingerprint density at radius 3 is 2.62 bits per heavy atom. The summed E-state index contributed by atoms with van der Waals surface area (Å²) < 4.78 is 5.65. The Labute approximate surface area is 201 Å². The first-order chi connectivity index (χ1) is 16.3. The maximum atomic E-state index is 13.4. The first kappa shape index (κ1) is 23.6. The molecule has 9 nitrogen and oxygen atoms in total. The molecule has 1 saturated heterocycles. The van der Waals surface area contributed by atoms with Crippen molar-refractivity contribution >= 4 is 35.2 Å². The van der Waals surface area contributed by atoms with Crippen LogP contribution in [0.3, 0.4) is 0 Å². The van der Waals surface area contributed by atoms with Crippen molar-refractivity contribution in [1.82, 2.24) is 15.2 Å². The fourth-order valence-corrected chi connectivity index (χ4v) is 4.68. The first-order valence-corrected chi connectivity index (χ1v) is 11.2. The van der Waals surface area contributed by atoms with Gasteiger partial charge in [-0.15, -0.1) is 0 Å². The van der Waals surface area contributed by atoms with E-state index in [0.717, 1.165) is 11.3 Å². The number of nitrogens with one attached hydrogen (secondary N) is 1. The number of nitrogens with zero attached hydrogens (tertiary/aromatic N) is 3. The number of carboxylic acid groups (broad SMARTS) is 1. The zero-order valence-corrected chi connectivity index (χ0v) is 19.4. The van der Waals surface area contributed by atoms with Crippen LogP contribution in [-0.4, -0.2) is 71.4 Å². The van der Waals surface area contributed by atoms with E-state index in [2.05, 4.69) is 10.4 Å². The predicted molar refractivity (Wildman–Crippen MR) is 126 cm³/mol. The van der Waals surface area contributed by atoms with Gasteiger partial charge in [-0.3, -0.25) is 9.59 Å². The van der Waals surface area contributed by atoms with E-state index >= 15 is 0 Å². The molecule has 2 atom stereocenters. The van der Waals surface area contributed by atoms with Gasteiger partial charge in [-0.25, -0.2) is 9.80 Å². The molecule has 2 aromatic carbocycles. The quantitative estimate of drug-likeness (QED) is 0.627. The van der Waals surface area contributed by atoms with Crippen molar-refractivity contribution in [3.63, 3.8) is 0 Å². The Morgan fingerprint density at radius 2 is 1.91 bits per heavy atom. The summed E-state index contributed by atoms with van der Waals surface area (Å²) in [6.45, 7) is 0.178. The van der Waals surface area contributed by atoms with Gasteiger partial charge in [0.25, 0.3) is 5.91 Å². The van der Waals surface area contributed by atoms with E-state index in [4.69, 9.17) is 16.3 Å². The second-order valence-corrected chi connectivity index (χ2v) is 8.78. The number of piperidine rings is 1. The fourth-order valence-electron chi connectivity index (χ4n) is 4.49. The molecule has 0 aromatic heterocycles. The number of hydrazone groups is 1. The van der Waals surface area contributed by atoms with Gasteiger partial charge in [0.05, 0.1) is 10.7 Å². The molecule has 4 rings (SSSR count). The summed E-state index contributed by atoms with van der Waals surface area (Å²) in [5, 5.41) is 17.7. The number of halogens is 1. The number of hydrogen-bond acceptors (Lipinski definition) is 5. The third kappa shape index (κ3) is 4.70. The van der Waals surface area contributed by atoms with Crippen LogP contribution < -0.4 is 10.1 Å². The normalized spacial score (nSPS) is 20.4. The largest absolute Gasteiger partial charge is 0.489 e. The highest BCUT2D eigenvalue weighted by Gasteiger charge is 2.53. The average molecular weight is 485 g/mol. The van der Waals surface area contributed by atoms with E-state index in [1.165, 1.54) is 9.91 Å². The van der Waals surface area contributed by atoms with E-state index in [0.29, 0.717) is 30.2 Å². The molecule has 2 unspecified atom stereocenters. The molecule has 2 N–H and O–H groups in total. The molecule has 178 valence electrons. The lowest BCUT2D eigenvalue weighted by Crippen LogP contribution is -2.59. The standard InChI is InChI=1S/C24H25ClN4O5/c1-28-22(31)24(13-16-7-3-2-4-8-16)15-29(12-11-20(24)27-28)21(30)18(26-23(32)33)14-34-19-10-6-5-9-17(19)25/h2-10,18,26H,11-15H2,1H3,(H,32,33). The number of amides is 3. The van der Waals surface area contributed by atoms with Crippen LogP contribution in [0, 0.1) is 5.41 Å². The predicted octanol–water partition coefficient (Wildman–Crippen LogP) is 2.64. The number of likely N-dealkylation sites (tertiary alicyclic amines) is 1. The highest BCUT2D eigenvalue weighted by atomic mass is 35.5. The van der Waals surface area contributed by atoms with Gasteiger partial charge in [0.2, 0.25) is 5.91 Å². The highest BCUT2D eigenvalue weighted by molar-refractivity contribution is 6.32. The van der Waals surface area contributed by atoms with Crippen molar-refractivity contribution in [3.05, 3.63) is 65.2 Å².